The van der Waals surface area contributed by atoms with Crippen molar-refractivity contribution in [1.29, 1.82) is 0 Å². The Morgan fingerprint density at radius 3 is 2.25 bits per heavy atom. The fourth-order valence-electron chi connectivity index (χ4n) is 1.98. The van der Waals surface area contributed by atoms with Crippen molar-refractivity contribution >= 4 is 12.0 Å². The molecule has 0 aromatic carbocycles. The molecule has 0 atom stereocenters. The molecule has 6 heteroatoms. The van der Waals surface area contributed by atoms with Crippen LogP contribution in [0.25, 0.3) is 0 Å². The summed E-state index contributed by atoms with van der Waals surface area (Å²) in [7, 11) is 3.49. The summed E-state index contributed by atoms with van der Waals surface area (Å²) in [4.78, 5) is 26.7. The molecule has 0 radical (unpaired) electrons. The molecule has 1 saturated heterocycles. The first-order chi connectivity index (χ1) is 9.19. The molecule has 1 aliphatic rings. The average Bonchev–Trinajstić information content (AvgIpc) is 2.34. The lowest BCUT2D eigenvalue weighted by molar-refractivity contribution is -0.127. The molecular formula is C14H27N3O3. The molecule has 0 aliphatic carbocycles. The number of hydrogen-bond donors (Lipinski definition) is 1. The van der Waals surface area contributed by atoms with Gasteiger partial charge < -0.3 is 19.9 Å². The van der Waals surface area contributed by atoms with Gasteiger partial charge in [-0.2, -0.15) is 0 Å². The molecule has 1 heterocycles. The van der Waals surface area contributed by atoms with E-state index < -0.39 is 5.60 Å². The van der Waals surface area contributed by atoms with Crippen LogP contribution in [0.2, 0.25) is 0 Å². The number of rotatable bonds is 3. The highest BCUT2D eigenvalue weighted by atomic mass is 16.6. The summed E-state index contributed by atoms with van der Waals surface area (Å²) in [6.07, 6.45) is 1.44. The zero-order chi connectivity index (χ0) is 15.3. The minimum Gasteiger partial charge on any atom is -0.444 e. The summed E-state index contributed by atoms with van der Waals surface area (Å²) in [6, 6.07) is 0.289. The molecule has 1 fully saturated rings. The van der Waals surface area contributed by atoms with E-state index in [-0.39, 0.29) is 18.0 Å². The molecular weight excluding hydrogens is 258 g/mol. The van der Waals surface area contributed by atoms with Crippen molar-refractivity contribution in [3.05, 3.63) is 0 Å². The molecule has 2 amide bonds. The highest BCUT2D eigenvalue weighted by molar-refractivity contribution is 5.77. The van der Waals surface area contributed by atoms with E-state index >= 15 is 0 Å². The van der Waals surface area contributed by atoms with Crippen LogP contribution in [0, 0.1) is 0 Å². The number of hydrogen-bond acceptors (Lipinski definition) is 4. The Hall–Kier alpha value is -1.30. The van der Waals surface area contributed by atoms with Gasteiger partial charge in [-0.05, 0) is 33.6 Å². The lowest BCUT2D eigenvalue weighted by Crippen LogP contribution is -2.48. The predicted molar refractivity (Wildman–Crippen MR) is 77.5 cm³/mol. The van der Waals surface area contributed by atoms with Crippen molar-refractivity contribution < 1.29 is 14.3 Å². The van der Waals surface area contributed by atoms with Crippen molar-refractivity contribution in [2.75, 3.05) is 33.7 Å². The van der Waals surface area contributed by atoms with Gasteiger partial charge in [0.1, 0.15) is 5.60 Å². The predicted octanol–water partition coefficient (Wildman–Crippen LogP) is 1.06. The van der Waals surface area contributed by atoms with Crippen LogP contribution in [-0.2, 0) is 9.53 Å². The smallest absolute Gasteiger partial charge is 0.410 e. The third-order valence-corrected chi connectivity index (χ3v) is 3.19. The number of nitrogens with one attached hydrogen (secondary N) is 1. The quantitative estimate of drug-likeness (QED) is 0.842. The van der Waals surface area contributed by atoms with Crippen molar-refractivity contribution in [3.63, 3.8) is 0 Å². The molecule has 0 spiro atoms. The molecule has 0 aromatic heterocycles. The number of likely N-dealkylation sites (tertiary alicyclic amines) is 1. The van der Waals surface area contributed by atoms with E-state index in [1.807, 2.05) is 20.8 Å². The molecule has 6 nitrogen and oxygen atoms in total. The molecule has 0 aromatic rings. The molecule has 1 aliphatic heterocycles. The number of ether oxygens (including phenoxy) is 1. The molecule has 116 valence electrons. The third kappa shape index (κ3) is 5.77. The number of likely N-dealkylation sites (N-methyl/N-ethyl adjacent to an activating group) is 1. The Kier molecular flexibility index (Phi) is 5.80. The maximum atomic E-state index is 11.9. The summed E-state index contributed by atoms with van der Waals surface area (Å²) < 4.78 is 5.35. The Morgan fingerprint density at radius 1 is 1.25 bits per heavy atom. The molecule has 1 N–H and O–H groups in total. The molecule has 20 heavy (non-hydrogen) atoms. The van der Waals surface area contributed by atoms with Crippen LogP contribution in [0.4, 0.5) is 4.79 Å². The van der Waals surface area contributed by atoms with Crippen LogP contribution in [0.1, 0.15) is 33.6 Å². The number of piperidine rings is 1. The summed E-state index contributed by atoms with van der Waals surface area (Å²) in [5, 5.41) is 3.24. The van der Waals surface area contributed by atoms with Gasteiger partial charge in [0, 0.05) is 33.2 Å². The lowest BCUT2D eigenvalue weighted by atomic mass is 10.1. The maximum Gasteiger partial charge on any atom is 0.410 e. The fraction of sp³-hybridized carbons (Fsp3) is 0.857. The number of carbonyl (C=O) groups excluding carboxylic acids is 2. The highest BCUT2D eigenvalue weighted by Gasteiger charge is 2.26. The van der Waals surface area contributed by atoms with Crippen molar-refractivity contribution in [2.45, 2.75) is 45.3 Å². The first kappa shape index (κ1) is 16.8. The molecule has 0 bridgehead atoms. The average molecular weight is 285 g/mol. The fourth-order valence-corrected chi connectivity index (χ4v) is 1.98. The van der Waals surface area contributed by atoms with Crippen LogP contribution in [0.5, 0.6) is 0 Å². The van der Waals surface area contributed by atoms with Crippen molar-refractivity contribution in [3.8, 4) is 0 Å². The summed E-state index contributed by atoms with van der Waals surface area (Å²) >= 11 is 0. The summed E-state index contributed by atoms with van der Waals surface area (Å²) in [5.74, 6) is 0.0690. The van der Waals surface area contributed by atoms with E-state index in [4.69, 9.17) is 4.74 Å². The number of amides is 2. The van der Waals surface area contributed by atoms with Crippen LogP contribution >= 0.6 is 0 Å². The first-order valence-corrected chi connectivity index (χ1v) is 7.10. The summed E-state index contributed by atoms with van der Waals surface area (Å²) in [6.45, 7) is 7.29. The van der Waals surface area contributed by atoms with Crippen LogP contribution in [0.3, 0.4) is 0 Å². The van der Waals surface area contributed by atoms with Gasteiger partial charge in [0.15, 0.2) is 0 Å². The minimum absolute atomic E-state index is 0.0690. The number of nitrogens with zero attached hydrogens (tertiary/aromatic N) is 2. The zero-order valence-corrected chi connectivity index (χ0v) is 13.2. The highest BCUT2D eigenvalue weighted by Crippen LogP contribution is 2.15. The third-order valence-electron chi connectivity index (χ3n) is 3.19. The monoisotopic (exact) mass is 285 g/mol. The van der Waals surface area contributed by atoms with E-state index in [0.29, 0.717) is 19.6 Å². The van der Waals surface area contributed by atoms with Gasteiger partial charge >= 0.3 is 6.09 Å². The second-order valence-electron chi connectivity index (χ2n) is 6.41. The van der Waals surface area contributed by atoms with Gasteiger partial charge in [-0.15, -0.1) is 0 Å². The zero-order valence-electron chi connectivity index (χ0n) is 13.2. The van der Waals surface area contributed by atoms with Crippen LogP contribution in [0.15, 0.2) is 0 Å². The normalized spacial score (nSPS) is 16.9. The van der Waals surface area contributed by atoms with Gasteiger partial charge in [-0.1, -0.05) is 0 Å². The van der Waals surface area contributed by atoms with E-state index in [9.17, 15) is 9.59 Å². The van der Waals surface area contributed by atoms with E-state index in [0.717, 1.165) is 12.8 Å². The Balaban J connectivity index is 2.30. The topological polar surface area (TPSA) is 61.9 Å². The van der Waals surface area contributed by atoms with Gasteiger partial charge in [-0.3, -0.25) is 4.79 Å². The second-order valence-corrected chi connectivity index (χ2v) is 6.41. The SMILES string of the molecule is CN(C)C(=O)CNC1CCN(C(=O)OC(C)(C)C)CC1. The maximum absolute atomic E-state index is 11.9. The number of carbonyl (C=O) groups is 2. The summed E-state index contributed by atoms with van der Waals surface area (Å²) in [5.41, 5.74) is -0.454. The van der Waals surface area contributed by atoms with Gasteiger partial charge in [0.05, 0.1) is 6.54 Å². The standard InChI is InChI=1S/C14H27N3O3/c1-14(2,3)20-13(19)17-8-6-11(7-9-17)15-10-12(18)16(4)5/h11,15H,6-10H2,1-5H3. The Labute approximate surface area is 121 Å². The van der Waals surface area contributed by atoms with Gasteiger partial charge in [0.2, 0.25) is 5.91 Å². The van der Waals surface area contributed by atoms with Gasteiger partial charge in [0.25, 0.3) is 0 Å². The molecule has 0 saturated carbocycles. The van der Waals surface area contributed by atoms with Crippen LogP contribution in [-0.4, -0.2) is 67.2 Å². The Bertz CT molecular complexity index is 342. The Morgan fingerprint density at radius 2 is 1.80 bits per heavy atom. The largest absolute Gasteiger partial charge is 0.444 e. The van der Waals surface area contributed by atoms with Crippen molar-refractivity contribution in [1.82, 2.24) is 15.1 Å². The molecule has 1 rings (SSSR count). The molecule has 0 unspecified atom stereocenters. The second kappa shape index (κ2) is 6.92. The minimum atomic E-state index is -0.454. The lowest BCUT2D eigenvalue weighted by Gasteiger charge is -2.33. The van der Waals surface area contributed by atoms with Crippen LogP contribution < -0.4 is 5.32 Å². The van der Waals surface area contributed by atoms with E-state index in [2.05, 4.69) is 5.32 Å². The first-order valence-electron chi connectivity index (χ1n) is 7.10. The van der Waals surface area contributed by atoms with E-state index in [1.165, 1.54) is 0 Å². The van der Waals surface area contributed by atoms with E-state index in [1.54, 1.807) is 23.9 Å². The van der Waals surface area contributed by atoms with Crippen molar-refractivity contribution in [2.24, 2.45) is 0 Å². The van der Waals surface area contributed by atoms with Gasteiger partial charge in [-0.25, -0.2) is 4.79 Å².